The number of morpholine rings is 1. The van der Waals surface area contributed by atoms with E-state index in [2.05, 4.69) is 55.3 Å². The molecule has 1 atom stereocenters. The number of nitrogens with zero attached hydrogens (tertiary/aromatic N) is 1. The normalized spacial score (nSPS) is 26.0. The second-order valence-corrected chi connectivity index (χ2v) is 7.28. The number of nitrogens with one attached hydrogen (secondary N) is 1. The fourth-order valence-corrected chi connectivity index (χ4v) is 3.37. The van der Waals surface area contributed by atoms with Gasteiger partial charge in [-0.15, -0.1) is 0 Å². The monoisotopic (exact) mass is 288 g/mol. The molecule has 1 saturated heterocycles. The molecule has 1 unspecified atom stereocenters. The second kappa shape index (κ2) is 6.07. The molecule has 0 bridgehead atoms. The number of ether oxygens (including phenoxy) is 1. The maximum absolute atomic E-state index is 6.01. The van der Waals surface area contributed by atoms with Crippen molar-refractivity contribution in [2.75, 3.05) is 13.1 Å². The van der Waals surface area contributed by atoms with Gasteiger partial charge < -0.3 is 10.1 Å². The third-order valence-electron chi connectivity index (χ3n) is 4.31. The van der Waals surface area contributed by atoms with Gasteiger partial charge in [0.15, 0.2) is 0 Å². The zero-order valence-corrected chi connectivity index (χ0v) is 13.6. The molecule has 0 aromatic heterocycles. The minimum atomic E-state index is -0.0428. The van der Waals surface area contributed by atoms with E-state index in [0.29, 0.717) is 6.10 Å². The molecule has 3 heteroatoms. The summed E-state index contributed by atoms with van der Waals surface area (Å²) in [6.45, 7) is 10.6. The fraction of sp³-hybridized carbons (Fsp3) is 0.667. The first-order valence-corrected chi connectivity index (χ1v) is 8.22. The molecular formula is C18H28N2O. The SMILES string of the molecule is CC1CN(Cc2ccccc2CNC2CC2)CC(C)(C)O1. The Morgan fingerprint density at radius 3 is 2.62 bits per heavy atom. The summed E-state index contributed by atoms with van der Waals surface area (Å²) in [4.78, 5) is 2.53. The van der Waals surface area contributed by atoms with Gasteiger partial charge in [0.25, 0.3) is 0 Å². The van der Waals surface area contributed by atoms with Crippen molar-refractivity contribution in [3.63, 3.8) is 0 Å². The summed E-state index contributed by atoms with van der Waals surface area (Å²) in [5.74, 6) is 0. The van der Waals surface area contributed by atoms with Crippen LogP contribution in [0.4, 0.5) is 0 Å². The summed E-state index contributed by atoms with van der Waals surface area (Å²) in [5.41, 5.74) is 2.86. The molecule has 0 radical (unpaired) electrons. The summed E-state index contributed by atoms with van der Waals surface area (Å²) in [6.07, 6.45) is 3.00. The lowest BCUT2D eigenvalue weighted by Crippen LogP contribution is -2.51. The molecule has 0 amide bonds. The number of rotatable bonds is 5. The van der Waals surface area contributed by atoms with E-state index >= 15 is 0 Å². The fourth-order valence-electron chi connectivity index (χ4n) is 3.37. The van der Waals surface area contributed by atoms with Crippen LogP contribution in [0.3, 0.4) is 0 Å². The Balaban J connectivity index is 1.65. The van der Waals surface area contributed by atoms with Crippen molar-refractivity contribution >= 4 is 0 Å². The topological polar surface area (TPSA) is 24.5 Å². The van der Waals surface area contributed by atoms with Crippen LogP contribution >= 0.6 is 0 Å². The van der Waals surface area contributed by atoms with Crippen LogP contribution in [-0.4, -0.2) is 35.7 Å². The van der Waals surface area contributed by atoms with Gasteiger partial charge in [-0.1, -0.05) is 24.3 Å². The van der Waals surface area contributed by atoms with Crippen molar-refractivity contribution in [3.05, 3.63) is 35.4 Å². The van der Waals surface area contributed by atoms with Crippen molar-refractivity contribution in [1.82, 2.24) is 10.2 Å². The minimum absolute atomic E-state index is 0.0428. The summed E-state index contributed by atoms with van der Waals surface area (Å²) in [6, 6.07) is 9.61. The van der Waals surface area contributed by atoms with E-state index < -0.39 is 0 Å². The average Bonchev–Trinajstić information content (AvgIpc) is 3.19. The molecule has 1 aromatic rings. The molecule has 2 fully saturated rings. The lowest BCUT2D eigenvalue weighted by atomic mass is 10.0. The lowest BCUT2D eigenvalue weighted by molar-refractivity contribution is -0.130. The quantitative estimate of drug-likeness (QED) is 0.901. The van der Waals surface area contributed by atoms with Gasteiger partial charge in [-0.25, -0.2) is 0 Å². The van der Waals surface area contributed by atoms with Crippen LogP contribution < -0.4 is 5.32 Å². The zero-order valence-electron chi connectivity index (χ0n) is 13.6. The maximum Gasteiger partial charge on any atom is 0.0757 e. The Hall–Kier alpha value is -0.900. The van der Waals surface area contributed by atoms with Gasteiger partial charge in [-0.05, 0) is 44.7 Å². The molecular weight excluding hydrogens is 260 g/mol. The molecule has 0 spiro atoms. The molecule has 2 aliphatic rings. The molecule has 3 nitrogen and oxygen atoms in total. The molecule has 1 aliphatic carbocycles. The van der Waals surface area contributed by atoms with E-state index in [4.69, 9.17) is 4.74 Å². The van der Waals surface area contributed by atoms with Crippen LogP contribution in [0.5, 0.6) is 0 Å². The summed E-state index contributed by atoms with van der Waals surface area (Å²) in [7, 11) is 0. The van der Waals surface area contributed by atoms with Gasteiger partial charge in [0, 0.05) is 32.2 Å². The number of hydrogen-bond donors (Lipinski definition) is 1. The Morgan fingerprint density at radius 1 is 1.24 bits per heavy atom. The zero-order chi connectivity index (χ0) is 14.9. The first-order chi connectivity index (χ1) is 10.0. The number of hydrogen-bond acceptors (Lipinski definition) is 3. The first-order valence-electron chi connectivity index (χ1n) is 8.22. The van der Waals surface area contributed by atoms with Crippen molar-refractivity contribution in [3.8, 4) is 0 Å². The van der Waals surface area contributed by atoms with E-state index in [-0.39, 0.29) is 5.60 Å². The standard InChI is InChI=1S/C18H28N2O/c1-14-11-20(13-18(2,3)21-14)12-16-7-5-4-6-15(16)10-19-17-8-9-17/h4-7,14,17,19H,8-13H2,1-3H3. The largest absolute Gasteiger partial charge is 0.370 e. The highest BCUT2D eigenvalue weighted by Gasteiger charge is 2.31. The molecule has 21 heavy (non-hydrogen) atoms. The molecule has 1 heterocycles. The highest BCUT2D eigenvalue weighted by molar-refractivity contribution is 5.27. The van der Waals surface area contributed by atoms with Crippen LogP contribution in [-0.2, 0) is 17.8 Å². The molecule has 116 valence electrons. The minimum Gasteiger partial charge on any atom is -0.370 e. The van der Waals surface area contributed by atoms with Gasteiger partial charge in [-0.3, -0.25) is 4.90 Å². The van der Waals surface area contributed by atoms with Gasteiger partial charge in [-0.2, -0.15) is 0 Å². The Bertz CT molecular complexity index is 482. The summed E-state index contributed by atoms with van der Waals surface area (Å²) >= 11 is 0. The van der Waals surface area contributed by atoms with Crippen LogP contribution in [0.25, 0.3) is 0 Å². The van der Waals surface area contributed by atoms with E-state index in [0.717, 1.165) is 32.2 Å². The van der Waals surface area contributed by atoms with Gasteiger partial charge in [0.05, 0.1) is 11.7 Å². The highest BCUT2D eigenvalue weighted by Crippen LogP contribution is 2.24. The summed E-state index contributed by atoms with van der Waals surface area (Å²) < 4.78 is 6.01. The summed E-state index contributed by atoms with van der Waals surface area (Å²) in [5, 5.41) is 3.63. The van der Waals surface area contributed by atoms with Gasteiger partial charge >= 0.3 is 0 Å². The second-order valence-electron chi connectivity index (χ2n) is 7.28. The van der Waals surface area contributed by atoms with E-state index in [1.807, 2.05) is 0 Å². The van der Waals surface area contributed by atoms with E-state index in [1.165, 1.54) is 24.0 Å². The predicted molar refractivity (Wildman–Crippen MR) is 86.2 cm³/mol. The Labute approximate surface area is 128 Å². The van der Waals surface area contributed by atoms with E-state index in [9.17, 15) is 0 Å². The molecule has 1 aliphatic heterocycles. The van der Waals surface area contributed by atoms with Crippen molar-refractivity contribution in [2.45, 2.75) is 64.4 Å². The van der Waals surface area contributed by atoms with Crippen molar-refractivity contribution in [2.24, 2.45) is 0 Å². The maximum atomic E-state index is 6.01. The van der Waals surface area contributed by atoms with Crippen molar-refractivity contribution < 1.29 is 4.74 Å². The smallest absolute Gasteiger partial charge is 0.0757 e. The molecule has 1 saturated carbocycles. The van der Waals surface area contributed by atoms with E-state index in [1.54, 1.807) is 0 Å². The third kappa shape index (κ3) is 4.29. The number of benzene rings is 1. The van der Waals surface area contributed by atoms with Crippen LogP contribution in [0.1, 0.15) is 44.7 Å². The lowest BCUT2D eigenvalue weighted by Gasteiger charge is -2.42. The van der Waals surface area contributed by atoms with Gasteiger partial charge in [0.1, 0.15) is 0 Å². The molecule has 3 rings (SSSR count). The highest BCUT2D eigenvalue weighted by atomic mass is 16.5. The molecule has 1 N–H and O–H groups in total. The average molecular weight is 288 g/mol. The van der Waals surface area contributed by atoms with Crippen LogP contribution in [0.15, 0.2) is 24.3 Å². The first kappa shape index (κ1) is 15.0. The molecule has 1 aromatic carbocycles. The van der Waals surface area contributed by atoms with Crippen LogP contribution in [0.2, 0.25) is 0 Å². The third-order valence-corrected chi connectivity index (χ3v) is 4.31. The Morgan fingerprint density at radius 2 is 1.95 bits per heavy atom. The Kier molecular flexibility index (Phi) is 4.34. The van der Waals surface area contributed by atoms with Gasteiger partial charge in [0.2, 0.25) is 0 Å². The predicted octanol–water partition coefficient (Wildman–Crippen LogP) is 2.94. The van der Waals surface area contributed by atoms with Crippen LogP contribution in [0, 0.1) is 0 Å². The van der Waals surface area contributed by atoms with Crippen molar-refractivity contribution in [1.29, 1.82) is 0 Å².